The SMILES string of the molecule is Cc1ccc(C)c(-c2cc(C(=O)N3CCCCC3)c3ccccc3n2)c1. The summed E-state index contributed by atoms with van der Waals surface area (Å²) >= 11 is 0. The van der Waals surface area contributed by atoms with Crippen molar-refractivity contribution in [3.8, 4) is 11.3 Å². The van der Waals surface area contributed by atoms with Crippen molar-refractivity contribution in [2.75, 3.05) is 13.1 Å². The van der Waals surface area contributed by atoms with Crippen LogP contribution in [0.5, 0.6) is 0 Å². The number of aryl methyl sites for hydroxylation is 2. The van der Waals surface area contributed by atoms with Gasteiger partial charge in [-0.1, -0.05) is 35.9 Å². The maximum absolute atomic E-state index is 13.2. The quantitative estimate of drug-likeness (QED) is 0.644. The topological polar surface area (TPSA) is 33.2 Å². The first-order valence-corrected chi connectivity index (χ1v) is 9.40. The lowest BCUT2D eigenvalue weighted by molar-refractivity contribution is 0.0726. The van der Waals surface area contributed by atoms with Gasteiger partial charge >= 0.3 is 0 Å². The van der Waals surface area contributed by atoms with Crippen molar-refractivity contribution in [3.05, 3.63) is 65.2 Å². The molecular formula is C23H24N2O. The molecule has 0 unspecified atom stereocenters. The molecule has 2 heterocycles. The zero-order valence-corrected chi connectivity index (χ0v) is 15.5. The van der Waals surface area contributed by atoms with Gasteiger partial charge in [-0.3, -0.25) is 4.79 Å². The molecule has 3 nitrogen and oxygen atoms in total. The van der Waals surface area contributed by atoms with Crippen molar-refractivity contribution in [1.29, 1.82) is 0 Å². The molecule has 0 N–H and O–H groups in total. The Kier molecular flexibility index (Phi) is 4.46. The Morgan fingerprint density at radius 1 is 0.962 bits per heavy atom. The van der Waals surface area contributed by atoms with Crippen LogP contribution < -0.4 is 0 Å². The number of benzene rings is 2. The number of fused-ring (bicyclic) bond motifs is 1. The maximum atomic E-state index is 13.2. The first kappa shape index (κ1) is 16.8. The van der Waals surface area contributed by atoms with Crippen LogP contribution in [0.1, 0.15) is 40.7 Å². The Hall–Kier alpha value is -2.68. The monoisotopic (exact) mass is 344 g/mol. The highest BCUT2D eigenvalue weighted by Crippen LogP contribution is 2.29. The van der Waals surface area contributed by atoms with Crippen LogP contribution in [0.25, 0.3) is 22.2 Å². The van der Waals surface area contributed by atoms with E-state index in [0.717, 1.165) is 53.7 Å². The molecule has 1 aliphatic heterocycles. The standard InChI is InChI=1S/C23H24N2O/c1-16-10-11-17(2)19(14-16)22-15-20(18-8-4-5-9-21(18)24-22)23(26)25-12-6-3-7-13-25/h4-5,8-11,14-15H,3,6-7,12-13H2,1-2H3. The van der Waals surface area contributed by atoms with E-state index in [9.17, 15) is 4.79 Å². The van der Waals surface area contributed by atoms with E-state index in [0.29, 0.717) is 0 Å². The molecule has 1 aliphatic rings. The van der Waals surface area contributed by atoms with Gasteiger partial charge in [-0.15, -0.1) is 0 Å². The number of nitrogens with zero attached hydrogens (tertiary/aromatic N) is 2. The second-order valence-corrected chi connectivity index (χ2v) is 7.24. The Labute approximate surface area is 154 Å². The van der Waals surface area contributed by atoms with Gasteiger partial charge in [0.25, 0.3) is 5.91 Å². The molecule has 132 valence electrons. The molecule has 4 rings (SSSR count). The van der Waals surface area contributed by atoms with Gasteiger partial charge in [-0.2, -0.15) is 0 Å². The maximum Gasteiger partial charge on any atom is 0.254 e. The molecule has 1 saturated heterocycles. The summed E-state index contributed by atoms with van der Waals surface area (Å²) in [5, 5.41) is 0.942. The van der Waals surface area contributed by atoms with Gasteiger partial charge in [0.15, 0.2) is 0 Å². The van der Waals surface area contributed by atoms with Crippen LogP contribution in [0.2, 0.25) is 0 Å². The minimum atomic E-state index is 0.134. The molecule has 0 aliphatic carbocycles. The molecule has 2 aromatic carbocycles. The second kappa shape index (κ2) is 6.91. The lowest BCUT2D eigenvalue weighted by Gasteiger charge is -2.27. The third-order valence-corrected chi connectivity index (χ3v) is 5.26. The summed E-state index contributed by atoms with van der Waals surface area (Å²) in [7, 11) is 0. The van der Waals surface area contributed by atoms with Crippen LogP contribution in [0.4, 0.5) is 0 Å². The van der Waals surface area contributed by atoms with E-state index in [4.69, 9.17) is 4.98 Å². The number of pyridine rings is 1. The van der Waals surface area contributed by atoms with E-state index in [1.54, 1.807) is 0 Å². The van der Waals surface area contributed by atoms with Gasteiger partial charge in [0.1, 0.15) is 0 Å². The Bertz CT molecular complexity index is 971. The van der Waals surface area contributed by atoms with E-state index in [-0.39, 0.29) is 5.91 Å². The van der Waals surface area contributed by atoms with Crippen LogP contribution >= 0.6 is 0 Å². The first-order valence-electron chi connectivity index (χ1n) is 9.40. The number of carbonyl (C=O) groups excluding carboxylic acids is 1. The Morgan fingerprint density at radius 3 is 2.54 bits per heavy atom. The molecule has 0 atom stereocenters. The van der Waals surface area contributed by atoms with Crippen LogP contribution in [-0.2, 0) is 0 Å². The zero-order chi connectivity index (χ0) is 18.1. The molecule has 3 aromatic rings. The number of hydrogen-bond acceptors (Lipinski definition) is 2. The number of carbonyl (C=O) groups is 1. The number of rotatable bonds is 2. The van der Waals surface area contributed by atoms with Crippen LogP contribution in [0, 0.1) is 13.8 Å². The fourth-order valence-corrected chi connectivity index (χ4v) is 3.77. The zero-order valence-electron chi connectivity index (χ0n) is 15.5. The number of likely N-dealkylation sites (tertiary alicyclic amines) is 1. The van der Waals surface area contributed by atoms with Crippen LogP contribution in [-0.4, -0.2) is 28.9 Å². The molecule has 1 amide bonds. The van der Waals surface area contributed by atoms with Gasteiger partial charge in [-0.05, 0) is 56.9 Å². The van der Waals surface area contributed by atoms with Crippen molar-refractivity contribution in [1.82, 2.24) is 9.88 Å². The Morgan fingerprint density at radius 2 is 1.73 bits per heavy atom. The lowest BCUT2D eigenvalue weighted by atomic mass is 9.98. The van der Waals surface area contributed by atoms with Gasteiger partial charge in [0, 0.05) is 24.0 Å². The predicted octanol–water partition coefficient (Wildman–Crippen LogP) is 5.14. The van der Waals surface area contributed by atoms with E-state index < -0.39 is 0 Å². The summed E-state index contributed by atoms with van der Waals surface area (Å²) in [6.45, 7) is 5.89. The summed E-state index contributed by atoms with van der Waals surface area (Å²) in [5.41, 5.74) is 6.01. The minimum Gasteiger partial charge on any atom is -0.339 e. The highest BCUT2D eigenvalue weighted by atomic mass is 16.2. The molecule has 1 aromatic heterocycles. The summed E-state index contributed by atoms with van der Waals surface area (Å²) in [5.74, 6) is 0.134. The number of piperidine rings is 1. The number of aromatic nitrogens is 1. The van der Waals surface area contributed by atoms with Crippen molar-refractivity contribution in [2.24, 2.45) is 0 Å². The molecule has 0 bridgehead atoms. The van der Waals surface area contributed by atoms with Crippen molar-refractivity contribution in [3.63, 3.8) is 0 Å². The molecular weight excluding hydrogens is 320 g/mol. The molecule has 0 radical (unpaired) electrons. The van der Waals surface area contributed by atoms with Gasteiger partial charge in [0.05, 0.1) is 16.8 Å². The number of hydrogen-bond donors (Lipinski definition) is 0. The van der Waals surface area contributed by atoms with E-state index in [2.05, 4.69) is 32.0 Å². The second-order valence-electron chi connectivity index (χ2n) is 7.24. The summed E-state index contributed by atoms with van der Waals surface area (Å²) in [6.07, 6.45) is 3.41. The average Bonchev–Trinajstić information content (AvgIpc) is 2.69. The molecule has 0 spiro atoms. The highest BCUT2D eigenvalue weighted by Gasteiger charge is 2.21. The first-order chi connectivity index (χ1) is 12.6. The highest BCUT2D eigenvalue weighted by molar-refractivity contribution is 6.07. The largest absolute Gasteiger partial charge is 0.339 e. The molecule has 1 fully saturated rings. The van der Waals surface area contributed by atoms with Crippen molar-refractivity contribution >= 4 is 16.8 Å². The van der Waals surface area contributed by atoms with E-state index >= 15 is 0 Å². The van der Waals surface area contributed by atoms with Crippen molar-refractivity contribution < 1.29 is 4.79 Å². The van der Waals surface area contributed by atoms with Gasteiger partial charge < -0.3 is 4.90 Å². The number of para-hydroxylation sites is 1. The smallest absolute Gasteiger partial charge is 0.254 e. The fourth-order valence-electron chi connectivity index (χ4n) is 3.77. The fraction of sp³-hybridized carbons (Fsp3) is 0.304. The third-order valence-electron chi connectivity index (χ3n) is 5.26. The predicted molar refractivity (Wildman–Crippen MR) is 106 cm³/mol. The van der Waals surface area contributed by atoms with Crippen LogP contribution in [0.3, 0.4) is 0 Å². The summed E-state index contributed by atoms with van der Waals surface area (Å²) in [6, 6.07) is 16.3. The van der Waals surface area contributed by atoms with Gasteiger partial charge in [-0.25, -0.2) is 4.98 Å². The third kappa shape index (κ3) is 3.10. The van der Waals surface area contributed by atoms with Crippen LogP contribution in [0.15, 0.2) is 48.5 Å². The number of amides is 1. The average molecular weight is 344 g/mol. The minimum absolute atomic E-state index is 0.134. The van der Waals surface area contributed by atoms with Crippen molar-refractivity contribution in [2.45, 2.75) is 33.1 Å². The Balaban J connectivity index is 1.88. The molecule has 26 heavy (non-hydrogen) atoms. The van der Waals surface area contributed by atoms with E-state index in [1.807, 2.05) is 35.2 Å². The lowest BCUT2D eigenvalue weighted by Crippen LogP contribution is -2.35. The normalized spacial score (nSPS) is 14.6. The summed E-state index contributed by atoms with van der Waals surface area (Å²) in [4.78, 5) is 20.1. The van der Waals surface area contributed by atoms with Gasteiger partial charge in [0.2, 0.25) is 0 Å². The van der Waals surface area contributed by atoms with E-state index in [1.165, 1.54) is 17.5 Å². The molecule has 0 saturated carbocycles. The molecule has 3 heteroatoms. The summed E-state index contributed by atoms with van der Waals surface area (Å²) < 4.78 is 0.